The molecule has 0 aliphatic carbocycles. The smallest absolute Gasteiger partial charge is 0.269 e. The summed E-state index contributed by atoms with van der Waals surface area (Å²) in [5.74, 6) is -0.332. The van der Waals surface area contributed by atoms with Crippen LogP contribution in [0.5, 0.6) is 11.5 Å². The van der Waals surface area contributed by atoms with E-state index in [1.807, 2.05) is 0 Å². The van der Waals surface area contributed by atoms with E-state index in [0.29, 0.717) is 17.2 Å². The third-order valence-electron chi connectivity index (χ3n) is 5.63. The Balaban J connectivity index is 1.83. The summed E-state index contributed by atoms with van der Waals surface area (Å²) in [5.41, 5.74) is 0.642. The highest BCUT2D eigenvalue weighted by molar-refractivity contribution is 7.93. The van der Waals surface area contributed by atoms with Crippen LogP contribution in [0.15, 0.2) is 48.8 Å². The molecule has 4 rings (SSSR count). The lowest BCUT2D eigenvalue weighted by Crippen LogP contribution is -2.29. The topological polar surface area (TPSA) is 163 Å². The number of anilines is 1. The number of benzene rings is 1. The molecule has 0 aliphatic rings. The molecule has 2 N–H and O–H groups in total. The van der Waals surface area contributed by atoms with E-state index in [2.05, 4.69) is 35.2 Å². The largest absolute Gasteiger partial charge is 0.494 e. The number of para-hydroxylation sites is 1. The van der Waals surface area contributed by atoms with Crippen LogP contribution >= 0.6 is 0 Å². The molecule has 3 aromatic heterocycles. The highest BCUT2D eigenvalue weighted by Crippen LogP contribution is 2.37. The number of nitrogens with zero attached hydrogens (tertiary/aromatic N) is 6. The minimum Gasteiger partial charge on any atom is -0.494 e. The predicted octanol–water partition coefficient (Wildman–Crippen LogP) is 2.01. The number of carbonyl (C=O) groups excluding carboxylic acids is 1. The number of ether oxygens (including phenoxy) is 2. The van der Waals surface area contributed by atoms with Gasteiger partial charge in [0.1, 0.15) is 34.4 Å². The van der Waals surface area contributed by atoms with Crippen LogP contribution in [0.3, 0.4) is 0 Å². The van der Waals surface area contributed by atoms with Crippen molar-refractivity contribution in [1.29, 1.82) is 0 Å². The van der Waals surface area contributed by atoms with E-state index < -0.39 is 27.0 Å². The number of halogens is 1. The second-order valence-electron chi connectivity index (χ2n) is 8.16. The molecule has 0 fully saturated rings. The third-order valence-corrected chi connectivity index (χ3v) is 7.33. The molecule has 0 saturated carbocycles. The molecule has 1 atom stereocenters. The Morgan fingerprint density at radius 2 is 1.69 bits per heavy atom. The van der Waals surface area contributed by atoms with Gasteiger partial charge in [0.15, 0.2) is 11.6 Å². The highest BCUT2D eigenvalue weighted by Gasteiger charge is 2.29. The van der Waals surface area contributed by atoms with Gasteiger partial charge in [0.2, 0.25) is 16.0 Å². The minimum atomic E-state index is -4.10. The predicted molar refractivity (Wildman–Crippen MR) is 139 cm³/mol. The molecule has 0 radical (unpaired) electrons. The maximum Gasteiger partial charge on any atom is 0.269 e. The van der Waals surface area contributed by atoms with Crippen molar-refractivity contribution in [2.24, 2.45) is 0 Å². The molecule has 1 amide bonds. The maximum atomic E-state index is 13.3. The Bertz CT molecular complexity index is 1570. The van der Waals surface area contributed by atoms with Crippen molar-refractivity contribution >= 4 is 21.9 Å². The van der Waals surface area contributed by atoms with E-state index in [1.165, 1.54) is 38.8 Å². The number of aromatic nitrogens is 6. The van der Waals surface area contributed by atoms with E-state index in [4.69, 9.17) is 9.47 Å². The molecule has 204 valence electrons. The molecule has 1 aromatic carbocycles. The fourth-order valence-corrected chi connectivity index (χ4v) is 4.59. The number of nitrogens with one attached hydrogen (secondary N) is 2. The Labute approximate surface area is 223 Å². The average molecular weight is 557 g/mol. The van der Waals surface area contributed by atoms with Gasteiger partial charge in [0, 0.05) is 13.5 Å². The van der Waals surface area contributed by atoms with Crippen LogP contribution in [-0.2, 0) is 16.4 Å². The zero-order chi connectivity index (χ0) is 28.2. The van der Waals surface area contributed by atoms with Crippen molar-refractivity contribution in [3.63, 3.8) is 0 Å². The quantitative estimate of drug-likeness (QED) is 0.295. The standard InChI is InChI=1S/C24H25FN8O5S/c1-14(11-20-27-12-15(25)13-28-20)39(35,36)32-24-31-30-22(16-7-5-8-17(29-16)23(34)26-2)33(24)21-18(37-3)9-6-10-19(21)38-4/h5-10,12-14H,11H2,1-4H3,(H,26,34)(H,31,32). The van der Waals surface area contributed by atoms with Crippen molar-refractivity contribution in [2.45, 2.75) is 18.6 Å². The van der Waals surface area contributed by atoms with Gasteiger partial charge >= 0.3 is 0 Å². The van der Waals surface area contributed by atoms with Crippen LogP contribution in [0.4, 0.5) is 10.3 Å². The van der Waals surface area contributed by atoms with Crippen LogP contribution in [-0.4, -0.2) is 70.6 Å². The van der Waals surface area contributed by atoms with Gasteiger partial charge in [0.25, 0.3) is 5.91 Å². The van der Waals surface area contributed by atoms with Crippen LogP contribution in [0.25, 0.3) is 17.2 Å². The van der Waals surface area contributed by atoms with Crippen LogP contribution in [0, 0.1) is 5.82 Å². The zero-order valence-electron chi connectivity index (χ0n) is 21.4. The van der Waals surface area contributed by atoms with Gasteiger partial charge in [-0.1, -0.05) is 12.1 Å². The minimum absolute atomic E-state index is 0.0929. The summed E-state index contributed by atoms with van der Waals surface area (Å²) in [6.45, 7) is 1.45. The molecule has 3 heterocycles. The SMILES string of the molecule is CNC(=O)c1cccc(-c2nnc(NS(=O)(=O)C(C)Cc3ncc(F)cn3)n2-c2c(OC)cccc2OC)n1. The van der Waals surface area contributed by atoms with E-state index in [-0.39, 0.29) is 35.4 Å². The van der Waals surface area contributed by atoms with E-state index in [0.717, 1.165) is 12.4 Å². The lowest BCUT2D eigenvalue weighted by atomic mass is 10.2. The molecule has 15 heteroatoms. The van der Waals surface area contributed by atoms with Crippen LogP contribution < -0.4 is 19.5 Å². The third kappa shape index (κ3) is 5.77. The van der Waals surface area contributed by atoms with Crippen molar-refractivity contribution in [3.8, 4) is 28.7 Å². The van der Waals surface area contributed by atoms with Gasteiger partial charge in [-0.05, 0) is 31.2 Å². The van der Waals surface area contributed by atoms with Crippen molar-refractivity contribution in [2.75, 3.05) is 26.0 Å². The lowest BCUT2D eigenvalue weighted by molar-refractivity contribution is 0.0958. The highest BCUT2D eigenvalue weighted by atomic mass is 32.2. The number of sulfonamides is 1. The summed E-state index contributed by atoms with van der Waals surface area (Å²) in [7, 11) is 0.269. The summed E-state index contributed by atoms with van der Waals surface area (Å²) in [5, 5.41) is 9.75. The summed E-state index contributed by atoms with van der Waals surface area (Å²) in [6.07, 6.45) is 1.84. The van der Waals surface area contributed by atoms with Crippen LogP contribution in [0.1, 0.15) is 23.2 Å². The number of hydrogen-bond acceptors (Lipinski definition) is 10. The Hall–Kier alpha value is -4.66. The van der Waals surface area contributed by atoms with Gasteiger partial charge in [-0.2, -0.15) is 0 Å². The number of methoxy groups -OCH3 is 2. The van der Waals surface area contributed by atoms with Crippen LogP contribution in [0.2, 0.25) is 0 Å². The summed E-state index contributed by atoms with van der Waals surface area (Å²) in [4.78, 5) is 24.3. The molecule has 0 saturated heterocycles. The van der Waals surface area contributed by atoms with Crippen molar-refractivity contribution in [1.82, 2.24) is 35.0 Å². The van der Waals surface area contributed by atoms with E-state index in [1.54, 1.807) is 30.3 Å². The zero-order valence-corrected chi connectivity index (χ0v) is 22.2. The number of amides is 1. The van der Waals surface area contributed by atoms with Gasteiger partial charge in [-0.3, -0.25) is 14.1 Å². The van der Waals surface area contributed by atoms with Crippen molar-refractivity contribution < 1.29 is 27.1 Å². The number of carbonyl (C=O) groups is 1. The first-order valence-electron chi connectivity index (χ1n) is 11.5. The van der Waals surface area contributed by atoms with E-state index >= 15 is 0 Å². The first-order chi connectivity index (χ1) is 18.7. The van der Waals surface area contributed by atoms with Gasteiger partial charge < -0.3 is 14.8 Å². The Morgan fingerprint density at radius 1 is 1.05 bits per heavy atom. The molecule has 0 spiro atoms. The fraction of sp³-hybridized carbons (Fsp3) is 0.250. The van der Waals surface area contributed by atoms with E-state index in [9.17, 15) is 17.6 Å². The molecule has 39 heavy (non-hydrogen) atoms. The Morgan fingerprint density at radius 3 is 2.31 bits per heavy atom. The molecular formula is C24H25FN8O5S. The number of rotatable bonds is 10. The normalized spacial score (nSPS) is 12.0. The second-order valence-corrected chi connectivity index (χ2v) is 10.3. The monoisotopic (exact) mass is 556 g/mol. The average Bonchev–Trinajstić information content (AvgIpc) is 3.35. The lowest BCUT2D eigenvalue weighted by Gasteiger charge is -2.19. The second kappa shape index (κ2) is 11.4. The van der Waals surface area contributed by atoms with Crippen molar-refractivity contribution in [3.05, 3.63) is 66.1 Å². The molecule has 1 unspecified atom stereocenters. The molecule has 13 nitrogen and oxygen atoms in total. The first kappa shape index (κ1) is 27.4. The molecule has 0 bridgehead atoms. The molecular weight excluding hydrogens is 531 g/mol. The first-order valence-corrected chi connectivity index (χ1v) is 13.1. The Kier molecular flexibility index (Phi) is 7.99. The summed E-state index contributed by atoms with van der Waals surface area (Å²) in [6, 6.07) is 9.74. The summed E-state index contributed by atoms with van der Waals surface area (Å²) >= 11 is 0. The number of hydrogen-bond donors (Lipinski definition) is 2. The fourth-order valence-electron chi connectivity index (χ4n) is 3.63. The molecule has 4 aromatic rings. The maximum absolute atomic E-state index is 13.3. The van der Waals surface area contributed by atoms with Gasteiger partial charge in [-0.15, -0.1) is 10.2 Å². The van der Waals surface area contributed by atoms with Gasteiger partial charge in [-0.25, -0.2) is 27.8 Å². The number of pyridine rings is 1. The summed E-state index contributed by atoms with van der Waals surface area (Å²) < 4.78 is 54.8. The van der Waals surface area contributed by atoms with Gasteiger partial charge in [0.05, 0.1) is 31.9 Å². The molecule has 0 aliphatic heterocycles.